The Morgan fingerprint density at radius 3 is 2.24 bits per heavy atom. The van der Waals surface area contributed by atoms with Gasteiger partial charge in [-0.2, -0.15) is 0 Å². The van der Waals surface area contributed by atoms with E-state index < -0.39 is 0 Å². The number of carbonyl (C=O) groups is 2. The summed E-state index contributed by atoms with van der Waals surface area (Å²) in [5.41, 5.74) is 2.90. The van der Waals surface area contributed by atoms with Crippen molar-refractivity contribution in [3.8, 4) is 0 Å². The molecule has 0 aliphatic heterocycles. The largest absolute Gasteiger partial charge is 0.334 e. The summed E-state index contributed by atoms with van der Waals surface area (Å²) in [5.74, 6) is 0.298. The molecule has 1 aromatic rings. The highest BCUT2D eigenvalue weighted by Gasteiger charge is 2.15. The van der Waals surface area contributed by atoms with Crippen LogP contribution in [0.4, 0.5) is 5.69 Å². The third-order valence-corrected chi connectivity index (χ3v) is 3.50. The second kappa shape index (κ2) is 7.81. The van der Waals surface area contributed by atoms with Crippen LogP contribution in [-0.2, 0) is 9.59 Å². The molecule has 116 valence electrons. The summed E-state index contributed by atoms with van der Waals surface area (Å²) in [6.07, 6.45) is 0.899. The van der Waals surface area contributed by atoms with Crippen LogP contribution in [0.25, 0.3) is 0 Å². The molecule has 0 aromatic heterocycles. The van der Waals surface area contributed by atoms with Gasteiger partial charge in [-0.05, 0) is 37.3 Å². The van der Waals surface area contributed by atoms with Gasteiger partial charge in [0.1, 0.15) is 0 Å². The lowest BCUT2D eigenvalue weighted by Crippen LogP contribution is -2.37. The van der Waals surface area contributed by atoms with Crippen LogP contribution in [0.5, 0.6) is 0 Å². The second-order valence-electron chi connectivity index (χ2n) is 5.94. The standard InChI is InChI=1S/C17H26N2O2/c1-12(2)9-10-19(15(5)20)11-16(21)18-17-13(3)7-6-8-14(17)4/h6-8,12H,9-11H2,1-5H3,(H,18,21). The first-order valence-corrected chi connectivity index (χ1v) is 7.42. The molecule has 0 heterocycles. The van der Waals surface area contributed by atoms with E-state index in [9.17, 15) is 9.59 Å². The van der Waals surface area contributed by atoms with Crippen molar-refractivity contribution in [3.63, 3.8) is 0 Å². The molecule has 0 saturated heterocycles. The molecule has 1 N–H and O–H groups in total. The lowest BCUT2D eigenvalue weighted by Gasteiger charge is -2.22. The molecule has 0 bridgehead atoms. The van der Waals surface area contributed by atoms with Crippen LogP contribution in [0.1, 0.15) is 38.3 Å². The molecule has 0 unspecified atom stereocenters. The van der Waals surface area contributed by atoms with E-state index in [-0.39, 0.29) is 18.4 Å². The molecule has 0 atom stereocenters. The minimum atomic E-state index is -0.147. The summed E-state index contributed by atoms with van der Waals surface area (Å²) in [6.45, 7) is 10.4. The number of benzene rings is 1. The van der Waals surface area contributed by atoms with Gasteiger partial charge in [0, 0.05) is 19.2 Å². The highest BCUT2D eigenvalue weighted by Crippen LogP contribution is 2.19. The molecule has 1 rings (SSSR count). The van der Waals surface area contributed by atoms with Gasteiger partial charge in [0.05, 0.1) is 6.54 Å². The first-order valence-electron chi connectivity index (χ1n) is 7.42. The Morgan fingerprint density at radius 2 is 1.76 bits per heavy atom. The number of carbonyl (C=O) groups excluding carboxylic acids is 2. The minimum absolute atomic E-state index is 0.0627. The van der Waals surface area contributed by atoms with Crippen LogP contribution in [-0.4, -0.2) is 29.8 Å². The first-order chi connectivity index (χ1) is 9.81. The van der Waals surface area contributed by atoms with Gasteiger partial charge >= 0.3 is 0 Å². The number of hydrogen-bond acceptors (Lipinski definition) is 2. The van der Waals surface area contributed by atoms with Crippen LogP contribution in [0, 0.1) is 19.8 Å². The Kier molecular flexibility index (Phi) is 6.40. The molecule has 2 amide bonds. The SMILES string of the molecule is CC(=O)N(CCC(C)C)CC(=O)Nc1c(C)cccc1C. The molecule has 0 saturated carbocycles. The summed E-state index contributed by atoms with van der Waals surface area (Å²) < 4.78 is 0. The number of nitrogens with zero attached hydrogens (tertiary/aromatic N) is 1. The predicted octanol–water partition coefficient (Wildman–Crippen LogP) is 3.14. The van der Waals surface area contributed by atoms with Crippen molar-refractivity contribution in [1.82, 2.24) is 4.90 Å². The van der Waals surface area contributed by atoms with Gasteiger partial charge in [0.2, 0.25) is 11.8 Å². The van der Waals surface area contributed by atoms with Gasteiger partial charge in [0.15, 0.2) is 0 Å². The van der Waals surface area contributed by atoms with Gasteiger partial charge in [-0.3, -0.25) is 9.59 Å². The maximum atomic E-state index is 12.2. The van der Waals surface area contributed by atoms with E-state index in [1.165, 1.54) is 6.92 Å². The number of para-hydroxylation sites is 1. The van der Waals surface area contributed by atoms with Crippen molar-refractivity contribution >= 4 is 17.5 Å². The fraction of sp³-hybridized carbons (Fsp3) is 0.529. The zero-order valence-corrected chi connectivity index (χ0v) is 13.7. The maximum Gasteiger partial charge on any atom is 0.244 e. The monoisotopic (exact) mass is 290 g/mol. The maximum absolute atomic E-state index is 12.2. The van der Waals surface area contributed by atoms with Crippen LogP contribution < -0.4 is 5.32 Å². The summed E-state index contributed by atoms with van der Waals surface area (Å²) in [5, 5.41) is 2.92. The Morgan fingerprint density at radius 1 is 1.19 bits per heavy atom. The zero-order chi connectivity index (χ0) is 16.0. The van der Waals surface area contributed by atoms with E-state index in [4.69, 9.17) is 0 Å². The summed E-state index contributed by atoms with van der Waals surface area (Å²) in [4.78, 5) is 25.4. The molecule has 1 aromatic carbocycles. The Hall–Kier alpha value is -1.84. The van der Waals surface area contributed by atoms with Crippen LogP contribution >= 0.6 is 0 Å². The van der Waals surface area contributed by atoms with E-state index in [0.29, 0.717) is 12.5 Å². The fourth-order valence-electron chi connectivity index (χ4n) is 2.13. The highest BCUT2D eigenvalue weighted by molar-refractivity contribution is 5.95. The normalized spacial score (nSPS) is 10.6. The van der Waals surface area contributed by atoms with Crippen molar-refractivity contribution in [3.05, 3.63) is 29.3 Å². The first kappa shape index (κ1) is 17.2. The van der Waals surface area contributed by atoms with Crippen molar-refractivity contribution in [2.75, 3.05) is 18.4 Å². The summed E-state index contributed by atoms with van der Waals surface area (Å²) in [6, 6.07) is 5.89. The molecule has 0 aliphatic rings. The highest BCUT2D eigenvalue weighted by atomic mass is 16.2. The van der Waals surface area contributed by atoms with Crippen molar-refractivity contribution in [2.24, 2.45) is 5.92 Å². The predicted molar refractivity (Wildman–Crippen MR) is 86.3 cm³/mol. The number of hydrogen-bond donors (Lipinski definition) is 1. The van der Waals surface area contributed by atoms with Crippen molar-refractivity contribution < 1.29 is 9.59 Å². The van der Waals surface area contributed by atoms with Crippen LogP contribution in [0.15, 0.2) is 18.2 Å². The summed E-state index contributed by atoms with van der Waals surface area (Å²) in [7, 11) is 0. The molecular formula is C17H26N2O2. The van der Waals surface area contributed by atoms with E-state index in [2.05, 4.69) is 19.2 Å². The van der Waals surface area contributed by atoms with E-state index >= 15 is 0 Å². The fourth-order valence-corrected chi connectivity index (χ4v) is 2.13. The number of aryl methyl sites for hydroxylation is 2. The topological polar surface area (TPSA) is 49.4 Å². The Labute approximate surface area is 127 Å². The Balaban J connectivity index is 2.68. The molecule has 0 radical (unpaired) electrons. The Bertz CT molecular complexity index is 489. The van der Waals surface area contributed by atoms with Gasteiger partial charge in [-0.15, -0.1) is 0 Å². The average Bonchev–Trinajstić information content (AvgIpc) is 2.38. The molecular weight excluding hydrogens is 264 g/mol. The molecule has 4 heteroatoms. The lowest BCUT2D eigenvalue weighted by molar-refractivity contribution is -0.132. The van der Waals surface area contributed by atoms with Gasteiger partial charge in [-0.25, -0.2) is 0 Å². The summed E-state index contributed by atoms with van der Waals surface area (Å²) >= 11 is 0. The molecule has 4 nitrogen and oxygen atoms in total. The molecule has 21 heavy (non-hydrogen) atoms. The van der Waals surface area contributed by atoms with Crippen molar-refractivity contribution in [1.29, 1.82) is 0 Å². The number of amides is 2. The molecule has 0 aliphatic carbocycles. The van der Waals surface area contributed by atoms with Crippen LogP contribution in [0.3, 0.4) is 0 Å². The average molecular weight is 290 g/mol. The van der Waals surface area contributed by atoms with E-state index in [0.717, 1.165) is 23.2 Å². The lowest BCUT2D eigenvalue weighted by atomic mass is 10.1. The molecule has 0 fully saturated rings. The van der Waals surface area contributed by atoms with Crippen molar-refractivity contribution in [2.45, 2.75) is 41.0 Å². The second-order valence-corrected chi connectivity index (χ2v) is 5.94. The number of anilines is 1. The quantitative estimate of drug-likeness (QED) is 0.875. The van der Waals surface area contributed by atoms with E-state index in [1.807, 2.05) is 32.0 Å². The number of rotatable bonds is 6. The zero-order valence-electron chi connectivity index (χ0n) is 13.7. The van der Waals surface area contributed by atoms with E-state index in [1.54, 1.807) is 4.90 Å². The van der Waals surface area contributed by atoms with Crippen LogP contribution in [0.2, 0.25) is 0 Å². The number of nitrogens with one attached hydrogen (secondary N) is 1. The minimum Gasteiger partial charge on any atom is -0.334 e. The van der Waals surface area contributed by atoms with Gasteiger partial charge in [-0.1, -0.05) is 32.0 Å². The third-order valence-electron chi connectivity index (χ3n) is 3.50. The van der Waals surface area contributed by atoms with Gasteiger partial charge < -0.3 is 10.2 Å². The molecule has 0 spiro atoms. The third kappa shape index (κ3) is 5.58. The smallest absolute Gasteiger partial charge is 0.244 e. The van der Waals surface area contributed by atoms with Gasteiger partial charge in [0.25, 0.3) is 0 Å².